The van der Waals surface area contributed by atoms with E-state index in [0.717, 1.165) is 5.56 Å². The number of rotatable bonds is 7. The number of aliphatic hydroxyl groups excluding tert-OH is 1. The highest BCUT2D eigenvalue weighted by atomic mass is 32.2. The number of aliphatic hydroxyl groups is 1. The van der Waals surface area contributed by atoms with Gasteiger partial charge in [-0.15, -0.1) is 11.8 Å². The van der Waals surface area contributed by atoms with E-state index in [1.807, 2.05) is 36.4 Å². The third-order valence-corrected chi connectivity index (χ3v) is 6.45. The van der Waals surface area contributed by atoms with Crippen LogP contribution in [-0.4, -0.2) is 63.7 Å². The Kier molecular flexibility index (Phi) is 6.43. The summed E-state index contributed by atoms with van der Waals surface area (Å²) in [6.45, 7) is -0.171. The fourth-order valence-electron chi connectivity index (χ4n) is 3.53. The molecule has 0 spiro atoms. The first-order valence-corrected chi connectivity index (χ1v) is 10.9. The quantitative estimate of drug-likeness (QED) is 0.486. The SMILES string of the molecule is O=C(COc1ccccc1)N[C@@H]1C(=O)N2C(C(=O)OCc3ccccc3)C(O)CS[C@H]12. The molecule has 162 valence electrons. The Morgan fingerprint density at radius 1 is 1.10 bits per heavy atom. The van der Waals surface area contributed by atoms with Crippen LogP contribution in [0.15, 0.2) is 60.7 Å². The van der Waals surface area contributed by atoms with Crippen molar-refractivity contribution in [1.29, 1.82) is 0 Å². The van der Waals surface area contributed by atoms with E-state index in [-0.39, 0.29) is 19.0 Å². The molecule has 9 heteroatoms. The smallest absolute Gasteiger partial charge is 0.331 e. The minimum atomic E-state index is -1.09. The number of fused-ring (bicyclic) bond motifs is 1. The van der Waals surface area contributed by atoms with Crippen LogP contribution in [-0.2, 0) is 25.7 Å². The Bertz CT molecular complexity index is 942. The third kappa shape index (κ3) is 4.67. The van der Waals surface area contributed by atoms with Gasteiger partial charge < -0.3 is 24.8 Å². The predicted molar refractivity (Wildman–Crippen MR) is 113 cm³/mol. The summed E-state index contributed by atoms with van der Waals surface area (Å²) in [6, 6.07) is 16.2. The fraction of sp³-hybridized carbons (Fsp3) is 0.318. The van der Waals surface area contributed by atoms with Crippen LogP contribution in [0.2, 0.25) is 0 Å². The van der Waals surface area contributed by atoms with Crippen molar-refractivity contribution in [3.63, 3.8) is 0 Å². The maximum absolute atomic E-state index is 12.7. The molecule has 2 aliphatic heterocycles. The van der Waals surface area contributed by atoms with Gasteiger partial charge in [-0.1, -0.05) is 48.5 Å². The lowest BCUT2D eigenvalue weighted by Crippen LogP contribution is -2.77. The number of para-hydroxylation sites is 1. The van der Waals surface area contributed by atoms with E-state index in [2.05, 4.69) is 5.32 Å². The number of amides is 2. The average Bonchev–Trinajstić information content (AvgIpc) is 2.80. The third-order valence-electron chi connectivity index (χ3n) is 5.08. The molecule has 31 heavy (non-hydrogen) atoms. The number of benzene rings is 2. The molecule has 2 heterocycles. The lowest BCUT2D eigenvalue weighted by Gasteiger charge is -2.53. The number of carbonyl (C=O) groups excluding carboxylic acids is 3. The predicted octanol–water partition coefficient (Wildman–Crippen LogP) is 0.938. The van der Waals surface area contributed by atoms with E-state index in [0.29, 0.717) is 5.75 Å². The number of nitrogens with one attached hydrogen (secondary N) is 1. The number of esters is 1. The van der Waals surface area contributed by atoms with E-state index in [1.165, 1.54) is 16.7 Å². The molecule has 2 fully saturated rings. The van der Waals surface area contributed by atoms with Gasteiger partial charge in [-0.2, -0.15) is 0 Å². The molecule has 2 aromatic carbocycles. The normalized spacial score (nSPS) is 24.5. The number of β-lactam (4-membered cyclic amide) rings is 1. The summed E-state index contributed by atoms with van der Waals surface area (Å²) >= 11 is 1.32. The average molecular weight is 442 g/mol. The molecule has 4 rings (SSSR count). The van der Waals surface area contributed by atoms with Gasteiger partial charge in [0.15, 0.2) is 12.6 Å². The van der Waals surface area contributed by atoms with Gasteiger partial charge in [-0.05, 0) is 17.7 Å². The standard InChI is InChI=1S/C22H22N2O6S/c25-16-13-31-21-18(23-17(26)12-29-15-9-5-2-6-10-15)20(27)24(21)19(16)22(28)30-11-14-7-3-1-4-8-14/h1-10,16,18-19,21,25H,11-13H2,(H,23,26)/t16?,18-,19?,21-/m1/s1. The van der Waals surface area contributed by atoms with Crippen LogP contribution in [0.25, 0.3) is 0 Å². The molecular weight excluding hydrogens is 420 g/mol. The lowest BCUT2D eigenvalue weighted by atomic mass is 9.99. The Morgan fingerprint density at radius 3 is 2.48 bits per heavy atom. The molecule has 0 saturated carbocycles. The molecule has 2 aromatic rings. The highest BCUT2D eigenvalue weighted by molar-refractivity contribution is 8.00. The number of hydrogen-bond acceptors (Lipinski definition) is 7. The van der Waals surface area contributed by atoms with E-state index in [4.69, 9.17) is 9.47 Å². The molecule has 2 amide bonds. The van der Waals surface area contributed by atoms with Crippen LogP contribution in [0, 0.1) is 0 Å². The van der Waals surface area contributed by atoms with Gasteiger partial charge >= 0.3 is 5.97 Å². The zero-order valence-corrected chi connectivity index (χ0v) is 17.4. The summed E-state index contributed by atoms with van der Waals surface area (Å²) in [5.74, 6) is -0.711. The lowest BCUT2D eigenvalue weighted by molar-refractivity contribution is -0.172. The summed E-state index contributed by atoms with van der Waals surface area (Å²) in [7, 11) is 0. The molecule has 8 nitrogen and oxygen atoms in total. The van der Waals surface area contributed by atoms with Crippen molar-refractivity contribution in [2.45, 2.75) is 30.2 Å². The minimum absolute atomic E-state index is 0.0553. The topological polar surface area (TPSA) is 105 Å². The van der Waals surface area contributed by atoms with E-state index >= 15 is 0 Å². The van der Waals surface area contributed by atoms with Gasteiger partial charge in [-0.25, -0.2) is 4.79 Å². The van der Waals surface area contributed by atoms with Crippen LogP contribution >= 0.6 is 11.8 Å². The monoisotopic (exact) mass is 442 g/mol. The number of hydrogen-bond donors (Lipinski definition) is 2. The van der Waals surface area contributed by atoms with Gasteiger partial charge in [0.2, 0.25) is 5.91 Å². The molecule has 2 N–H and O–H groups in total. The zero-order valence-electron chi connectivity index (χ0n) is 16.5. The maximum atomic E-state index is 12.7. The Morgan fingerprint density at radius 2 is 1.77 bits per heavy atom. The molecule has 0 aliphatic carbocycles. The molecule has 2 aliphatic rings. The van der Waals surface area contributed by atoms with Gasteiger partial charge in [-0.3, -0.25) is 9.59 Å². The van der Waals surface area contributed by atoms with Gasteiger partial charge in [0.25, 0.3) is 5.91 Å². The van der Waals surface area contributed by atoms with Crippen LogP contribution in [0.5, 0.6) is 5.75 Å². The summed E-state index contributed by atoms with van der Waals surface area (Å²) < 4.78 is 10.7. The second kappa shape index (κ2) is 9.40. The van der Waals surface area contributed by atoms with Crippen molar-refractivity contribution >= 4 is 29.5 Å². The van der Waals surface area contributed by atoms with Crippen LogP contribution in [0.4, 0.5) is 0 Å². The van der Waals surface area contributed by atoms with Crippen LogP contribution in [0.1, 0.15) is 5.56 Å². The first-order valence-electron chi connectivity index (χ1n) is 9.84. The first kappa shape index (κ1) is 21.2. The van der Waals surface area contributed by atoms with Crippen molar-refractivity contribution in [3.8, 4) is 5.75 Å². The highest BCUT2D eigenvalue weighted by Gasteiger charge is 2.58. The van der Waals surface area contributed by atoms with Crippen molar-refractivity contribution in [2.24, 2.45) is 0 Å². The molecule has 0 aromatic heterocycles. The van der Waals surface area contributed by atoms with Gasteiger partial charge in [0.1, 0.15) is 23.8 Å². The van der Waals surface area contributed by atoms with E-state index in [9.17, 15) is 19.5 Å². The minimum Gasteiger partial charge on any atom is -0.484 e. The van der Waals surface area contributed by atoms with Gasteiger partial charge in [0.05, 0.1) is 6.10 Å². The zero-order chi connectivity index (χ0) is 21.8. The van der Waals surface area contributed by atoms with Crippen LogP contribution in [0.3, 0.4) is 0 Å². The summed E-state index contributed by atoms with van der Waals surface area (Å²) in [4.78, 5) is 38.8. The Labute approximate surface area is 183 Å². The Hall–Kier alpha value is -3.04. The van der Waals surface area contributed by atoms with Gasteiger partial charge in [0, 0.05) is 5.75 Å². The molecule has 0 radical (unpaired) electrons. The number of nitrogens with zero attached hydrogens (tertiary/aromatic N) is 1. The van der Waals surface area contributed by atoms with Crippen molar-refractivity contribution in [2.75, 3.05) is 12.4 Å². The largest absolute Gasteiger partial charge is 0.484 e. The Balaban J connectivity index is 1.33. The number of ether oxygens (including phenoxy) is 2. The summed E-state index contributed by atoms with van der Waals surface area (Å²) in [6.07, 6.45) is -1.04. The molecule has 0 bridgehead atoms. The molecular formula is C22H22N2O6S. The molecule has 2 saturated heterocycles. The summed E-state index contributed by atoms with van der Waals surface area (Å²) in [5.41, 5.74) is 0.811. The fourth-order valence-corrected chi connectivity index (χ4v) is 4.88. The van der Waals surface area contributed by atoms with Crippen LogP contribution < -0.4 is 10.1 Å². The second-order valence-corrected chi connectivity index (χ2v) is 8.37. The van der Waals surface area contributed by atoms with Crippen molar-refractivity contribution < 1.29 is 29.0 Å². The number of carbonyl (C=O) groups is 3. The van der Waals surface area contributed by atoms with Crippen molar-refractivity contribution in [1.82, 2.24) is 10.2 Å². The second-order valence-electron chi connectivity index (χ2n) is 7.22. The summed E-state index contributed by atoms with van der Waals surface area (Å²) in [5, 5.41) is 12.6. The van der Waals surface area contributed by atoms with E-state index < -0.39 is 41.3 Å². The maximum Gasteiger partial charge on any atom is 0.331 e. The van der Waals surface area contributed by atoms with Crippen molar-refractivity contribution in [3.05, 3.63) is 66.2 Å². The molecule has 4 atom stereocenters. The number of thioether (sulfide) groups is 1. The highest BCUT2D eigenvalue weighted by Crippen LogP contribution is 2.38. The molecule has 2 unspecified atom stereocenters. The van der Waals surface area contributed by atoms with E-state index in [1.54, 1.807) is 24.3 Å². The first-order chi connectivity index (χ1) is 15.0.